The summed E-state index contributed by atoms with van der Waals surface area (Å²) in [6, 6.07) is 6.98. The molecule has 0 saturated heterocycles. The Morgan fingerprint density at radius 1 is 1.22 bits per heavy atom. The largest absolute Gasteiger partial charge is 0.355 e. The highest BCUT2D eigenvalue weighted by Crippen LogP contribution is 2.40. The van der Waals surface area contributed by atoms with Gasteiger partial charge in [0.2, 0.25) is 0 Å². The molecule has 1 aromatic carbocycles. The van der Waals surface area contributed by atoms with Crippen LogP contribution in [0.5, 0.6) is 0 Å². The summed E-state index contributed by atoms with van der Waals surface area (Å²) in [5.74, 6) is 0.449. The molecule has 0 bridgehead atoms. The second-order valence-corrected chi connectivity index (χ2v) is 4.68. The van der Waals surface area contributed by atoms with Crippen molar-refractivity contribution in [3.05, 3.63) is 35.6 Å². The molecule has 0 spiro atoms. The summed E-state index contributed by atoms with van der Waals surface area (Å²) in [6.45, 7) is 0.630. The number of hydrogen-bond donors (Lipinski definition) is 1. The van der Waals surface area contributed by atoms with Crippen LogP contribution in [0.3, 0.4) is 0 Å². The van der Waals surface area contributed by atoms with Crippen molar-refractivity contribution in [1.82, 2.24) is 5.32 Å². The van der Waals surface area contributed by atoms with Crippen LogP contribution in [-0.4, -0.2) is 27.1 Å². The van der Waals surface area contributed by atoms with Crippen LogP contribution in [0.15, 0.2) is 24.3 Å². The van der Waals surface area contributed by atoms with Crippen molar-refractivity contribution in [2.45, 2.75) is 25.2 Å². The van der Waals surface area contributed by atoms with E-state index in [0.29, 0.717) is 12.5 Å². The SMILES string of the molecule is COC(CNC(c1ccc(F)cc1)C1CC1)OC. The summed E-state index contributed by atoms with van der Waals surface area (Å²) in [6.07, 6.45) is 2.20. The van der Waals surface area contributed by atoms with Crippen LogP contribution in [0.1, 0.15) is 24.4 Å². The zero-order valence-corrected chi connectivity index (χ0v) is 10.9. The van der Waals surface area contributed by atoms with Gasteiger partial charge in [0.25, 0.3) is 0 Å². The maximum atomic E-state index is 12.9. The minimum absolute atomic E-state index is 0.194. The first-order valence-corrected chi connectivity index (χ1v) is 6.29. The molecule has 1 unspecified atom stereocenters. The number of benzene rings is 1. The lowest BCUT2D eigenvalue weighted by atomic mass is 10.0. The summed E-state index contributed by atoms with van der Waals surface area (Å²) in [4.78, 5) is 0. The predicted molar refractivity (Wildman–Crippen MR) is 67.7 cm³/mol. The fourth-order valence-corrected chi connectivity index (χ4v) is 2.14. The lowest BCUT2D eigenvalue weighted by molar-refractivity contribution is -0.100. The van der Waals surface area contributed by atoms with E-state index in [2.05, 4.69) is 5.32 Å². The third-order valence-corrected chi connectivity index (χ3v) is 3.35. The predicted octanol–water partition coefficient (Wildman–Crippen LogP) is 2.49. The summed E-state index contributed by atoms with van der Waals surface area (Å²) < 4.78 is 23.3. The fraction of sp³-hybridized carbons (Fsp3) is 0.571. The van der Waals surface area contributed by atoms with Crippen molar-refractivity contribution in [2.75, 3.05) is 20.8 Å². The monoisotopic (exact) mass is 253 g/mol. The van der Waals surface area contributed by atoms with E-state index < -0.39 is 0 Å². The second kappa shape index (κ2) is 6.27. The number of ether oxygens (including phenoxy) is 2. The van der Waals surface area contributed by atoms with Crippen molar-refractivity contribution in [3.8, 4) is 0 Å². The fourth-order valence-electron chi connectivity index (χ4n) is 2.14. The van der Waals surface area contributed by atoms with E-state index in [1.807, 2.05) is 12.1 Å². The van der Waals surface area contributed by atoms with Crippen molar-refractivity contribution < 1.29 is 13.9 Å². The van der Waals surface area contributed by atoms with E-state index in [0.717, 1.165) is 5.56 Å². The van der Waals surface area contributed by atoms with E-state index in [4.69, 9.17) is 9.47 Å². The topological polar surface area (TPSA) is 30.5 Å². The van der Waals surface area contributed by atoms with E-state index in [-0.39, 0.29) is 18.1 Å². The van der Waals surface area contributed by atoms with Gasteiger partial charge in [0.15, 0.2) is 6.29 Å². The van der Waals surface area contributed by atoms with Crippen LogP contribution in [0.2, 0.25) is 0 Å². The average Bonchev–Trinajstić information content (AvgIpc) is 3.21. The van der Waals surface area contributed by atoms with Gasteiger partial charge in [0, 0.05) is 26.8 Å². The third kappa shape index (κ3) is 3.51. The van der Waals surface area contributed by atoms with Crippen LogP contribution in [0.4, 0.5) is 4.39 Å². The molecule has 3 nitrogen and oxygen atoms in total. The maximum absolute atomic E-state index is 12.9. The van der Waals surface area contributed by atoms with Gasteiger partial charge in [-0.2, -0.15) is 0 Å². The molecule has 1 aromatic rings. The molecule has 0 aliphatic heterocycles. The summed E-state index contributed by atoms with van der Waals surface area (Å²) in [5.41, 5.74) is 1.13. The molecule has 1 aliphatic carbocycles. The first-order valence-electron chi connectivity index (χ1n) is 6.29. The van der Waals surface area contributed by atoms with Gasteiger partial charge in [0.05, 0.1) is 0 Å². The highest BCUT2D eigenvalue weighted by atomic mass is 19.1. The summed E-state index contributed by atoms with van der Waals surface area (Å²) in [5, 5.41) is 3.45. The zero-order chi connectivity index (χ0) is 13.0. The molecule has 2 rings (SSSR count). The van der Waals surface area contributed by atoms with Gasteiger partial charge in [-0.3, -0.25) is 0 Å². The average molecular weight is 253 g/mol. The quantitative estimate of drug-likeness (QED) is 0.757. The molecule has 18 heavy (non-hydrogen) atoms. The Labute approximate surface area is 107 Å². The minimum atomic E-state index is -0.244. The van der Waals surface area contributed by atoms with Crippen LogP contribution in [-0.2, 0) is 9.47 Å². The third-order valence-electron chi connectivity index (χ3n) is 3.35. The van der Waals surface area contributed by atoms with Crippen molar-refractivity contribution in [2.24, 2.45) is 5.92 Å². The molecule has 100 valence electrons. The molecule has 0 aromatic heterocycles. The van der Waals surface area contributed by atoms with Crippen molar-refractivity contribution >= 4 is 0 Å². The van der Waals surface area contributed by atoms with E-state index in [9.17, 15) is 4.39 Å². The van der Waals surface area contributed by atoms with Gasteiger partial charge < -0.3 is 14.8 Å². The van der Waals surface area contributed by atoms with Gasteiger partial charge in [-0.15, -0.1) is 0 Å². The number of nitrogens with one attached hydrogen (secondary N) is 1. The molecule has 1 fully saturated rings. The molecule has 4 heteroatoms. The minimum Gasteiger partial charge on any atom is -0.355 e. The second-order valence-electron chi connectivity index (χ2n) is 4.68. The summed E-state index contributed by atoms with van der Waals surface area (Å²) in [7, 11) is 3.25. The first-order chi connectivity index (χ1) is 8.74. The van der Waals surface area contributed by atoms with E-state index in [1.165, 1.54) is 25.0 Å². The van der Waals surface area contributed by atoms with Crippen LogP contribution < -0.4 is 5.32 Å². The Kier molecular flexibility index (Phi) is 4.69. The normalized spacial score (nSPS) is 17.1. The highest BCUT2D eigenvalue weighted by molar-refractivity contribution is 5.22. The Balaban J connectivity index is 1.98. The van der Waals surface area contributed by atoms with Crippen LogP contribution in [0.25, 0.3) is 0 Å². The lowest BCUT2D eigenvalue weighted by Crippen LogP contribution is -2.33. The van der Waals surface area contributed by atoms with Gasteiger partial charge >= 0.3 is 0 Å². The Hall–Kier alpha value is -0.970. The standard InChI is InChI=1S/C14H20FNO2/c1-17-13(18-2)9-16-14(10-3-4-10)11-5-7-12(15)8-6-11/h5-8,10,13-14,16H,3-4,9H2,1-2H3. The number of rotatable bonds is 7. The lowest BCUT2D eigenvalue weighted by Gasteiger charge is -2.22. The molecular formula is C14H20FNO2. The summed E-state index contributed by atoms with van der Waals surface area (Å²) >= 11 is 0. The molecule has 0 radical (unpaired) electrons. The smallest absolute Gasteiger partial charge is 0.169 e. The molecule has 0 amide bonds. The number of halogens is 1. The van der Waals surface area contributed by atoms with Crippen LogP contribution in [0, 0.1) is 11.7 Å². The van der Waals surface area contributed by atoms with E-state index >= 15 is 0 Å². The highest BCUT2D eigenvalue weighted by Gasteiger charge is 2.32. The van der Waals surface area contributed by atoms with Gasteiger partial charge in [-0.05, 0) is 36.5 Å². The Morgan fingerprint density at radius 3 is 2.33 bits per heavy atom. The van der Waals surface area contributed by atoms with Gasteiger partial charge in [0.1, 0.15) is 5.82 Å². The molecule has 1 N–H and O–H groups in total. The van der Waals surface area contributed by atoms with Gasteiger partial charge in [-0.25, -0.2) is 4.39 Å². The molecule has 1 atom stereocenters. The molecular weight excluding hydrogens is 233 g/mol. The molecule has 1 saturated carbocycles. The maximum Gasteiger partial charge on any atom is 0.169 e. The number of methoxy groups -OCH3 is 2. The van der Waals surface area contributed by atoms with Crippen molar-refractivity contribution in [3.63, 3.8) is 0 Å². The zero-order valence-electron chi connectivity index (χ0n) is 10.9. The number of hydrogen-bond acceptors (Lipinski definition) is 3. The van der Waals surface area contributed by atoms with E-state index in [1.54, 1.807) is 14.2 Å². The van der Waals surface area contributed by atoms with Crippen LogP contribution >= 0.6 is 0 Å². The van der Waals surface area contributed by atoms with Gasteiger partial charge in [-0.1, -0.05) is 12.1 Å². The molecule has 0 heterocycles. The Morgan fingerprint density at radius 2 is 1.83 bits per heavy atom. The van der Waals surface area contributed by atoms with Crippen molar-refractivity contribution in [1.29, 1.82) is 0 Å². The molecule has 1 aliphatic rings. The Bertz CT molecular complexity index is 361. The first kappa shape index (κ1) is 13.5.